The number of hydrogen-bond donors (Lipinski definition) is 2. The average Bonchev–Trinajstić information content (AvgIpc) is 2.74. The number of nitrogens with zero attached hydrogens (tertiary/aromatic N) is 4. The number of anilines is 1. The molecule has 2 aromatic rings. The van der Waals surface area contributed by atoms with Gasteiger partial charge in [0.05, 0.1) is 6.20 Å². The summed E-state index contributed by atoms with van der Waals surface area (Å²) < 4.78 is 27.1. The van der Waals surface area contributed by atoms with Crippen molar-refractivity contribution in [1.82, 2.24) is 25.0 Å². The zero-order chi connectivity index (χ0) is 11.8. The van der Waals surface area contributed by atoms with E-state index in [2.05, 4.69) is 25.0 Å². The van der Waals surface area contributed by atoms with E-state index in [1.807, 2.05) is 0 Å². The van der Waals surface area contributed by atoms with Crippen LogP contribution in [0.2, 0.25) is 0 Å². The summed E-state index contributed by atoms with van der Waals surface area (Å²) in [5.74, 6) is 0.543. The number of nitrogens with one attached hydrogen (secondary N) is 2. The molecule has 2 N–H and O–H groups in total. The lowest BCUT2D eigenvalue weighted by Crippen LogP contribution is -2.17. The SMILES string of the molecule is Cc1nc(NS(=O)(=O)c2ccnn2C)n[nH]1. The predicted molar refractivity (Wildman–Crippen MR) is 55.1 cm³/mol. The fourth-order valence-corrected chi connectivity index (χ4v) is 2.26. The molecule has 0 saturated carbocycles. The van der Waals surface area contributed by atoms with Crippen LogP contribution in [-0.4, -0.2) is 33.4 Å². The Morgan fingerprint density at radius 1 is 1.50 bits per heavy atom. The second kappa shape index (κ2) is 3.59. The lowest BCUT2D eigenvalue weighted by atomic mass is 10.7. The highest BCUT2D eigenvalue weighted by Gasteiger charge is 2.19. The van der Waals surface area contributed by atoms with Gasteiger partial charge in [0.25, 0.3) is 16.0 Å². The first-order valence-corrected chi connectivity index (χ1v) is 5.87. The molecule has 2 rings (SSSR count). The smallest absolute Gasteiger partial charge is 0.261 e. The van der Waals surface area contributed by atoms with E-state index in [0.717, 1.165) is 0 Å². The van der Waals surface area contributed by atoms with E-state index in [-0.39, 0.29) is 11.0 Å². The van der Waals surface area contributed by atoms with Crippen molar-refractivity contribution >= 4 is 16.0 Å². The van der Waals surface area contributed by atoms with Gasteiger partial charge < -0.3 is 0 Å². The van der Waals surface area contributed by atoms with E-state index in [1.165, 1.54) is 24.0 Å². The molecule has 2 heterocycles. The van der Waals surface area contributed by atoms with Gasteiger partial charge in [-0.25, -0.2) is 4.72 Å². The summed E-state index contributed by atoms with van der Waals surface area (Å²) in [6.45, 7) is 1.68. The highest BCUT2D eigenvalue weighted by atomic mass is 32.2. The number of aromatic amines is 1. The number of hydrogen-bond acceptors (Lipinski definition) is 5. The molecule has 0 unspecified atom stereocenters. The molecule has 0 aliphatic rings. The van der Waals surface area contributed by atoms with E-state index < -0.39 is 10.0 Å². The van der Waals surface area contributed by atoms with Gasteiger partial charge in [-0.15, -0.1) is 5.10 Å². The highest BCUT2D eigenvalue weighted by Crippen LogP contribution is 2.10. The molecular weight excluding hydrogens is 232 g/mol. The Kier molecular flexibility index (Phi) is 2.38. The molecule has 2 aromatic heterocycles. The molecule has 0 atom stereocenters. The Morgan fingerprint density at radius 2 is 2.25 bits per heavy atom. The second-order valence-electron chi connectivity index (χ2n) is 3.14. The summed E-state index contributed by atoms with van der Waals surface area (Å²) in [5, 5.41) is 10.1. The van der Waals surface area contributed by atoms with Gasteiger partial charge in [0.2, 0.25) is 0 Å². The van der Waals surface area contributed by atoms with Crippen LogP contribution in [0.4, 0.5) is 5.95 Å². The number of aryl methyl sites for hydroxylation is 2. The van der Waals surface area contributed by atoms with Crippen molar-refractivity contribution < 1.29 is 8.42 Å². The van der Waals surface area contributed by atoms with Crippen molar-refractivity contribution in [2.75, 3.05) is 4.72 Å². The van der Waals surface area contributed by atoms with Crippen molar-refractivity contribution in [2.24, 2.45) is 7.05 Å². The van der Waals surface area contributed by atoms with E-state index in [9.17, 15) is 8.42 Å². The molecule has 16 heavy (non-hydrogen) atoms. The Hall–Kier alpha value is -1.90. The molecule has 0 fully saturated rings. The molecule has 0 amide bonds. The summed E-state index contributed by atoms with van der Waals surface area (Å²) in [5.41, 5.74) is 0. The van der Waals surface area contributed by atoms with Crippen LogP contribution in [-0.2, 0) is 17.1 Å². The summed E-state index contributed by atoms with van der Waals surface area (Å²) >= 11 is 0. The molecule has 0 bridgehead atoms. The third-order valence-corrected chi connectivity index (χ3v) is 3.28. The van der Waals surface area contributed by atoms with Crippen LogP contribution < -0.4 is 4.72 Å². The molecule has 0 saturated heterocycles. The van der Waals surface area contributed by atoms with Gasteiger partial charge >= 0.3 is 0 Å². The number of rotatable bonds is 3. The maximum atomic E-state index is 11.8. The second-order valence-corrected chi connectivity index (χ2v) is 4.77. The molecular formula is C7H10N6O2S. The standard InChI is InChI=1S/C7H10N6O2S/c1-5-9-7(11-10-5)12-16(14,15)6-3-4-8-13(6)2/h3-4H,1-2H3,(H2,9,10,11,12). The molecule has 0 spiro atoms. The van der Waals surface area contributed by atoms with Crippen LogP contribution in [0.5, 0.6) is 0 Å². The van der Waals surface area contributed by atoms with Crippen molar-refractivity contribution in [3.8, 4) is 0 Å². The van der Waals surface area contributed by atoms with E-state index in [4.69, 9.17) is 0 Å². The third kappa shape index (κ3) is 1.89. The maximum Gasteiger partial charge on any atom is 0.281 e. The van der Waals surface area contributed by atoms with Crippen molar-refractivity contribution in [1.29, 1.82) is 0 Å². The quantitative estimate of drug-likeness (QED) is 0.765. The van der Waals surface area contributed by atoms with Gasteiger partial charge in [-0.2, -0.15) is 18.5 Å². The number of H-pyrrole nitrogens is 1. The summed E-state index contributed by atoms with van der Waals surface area (Å²) in [4.78, 5) is 3.85. The zero-order valence-corrected chi connectivity index (χ0v) is 9.48. The highest BCUT2D eigenvalue weighted by molar-refractivity contribution is 7.92. The Morgan fingerprint density at radius 3 is 2.75 bits per heavy atom. The first-order valence-electron chi connectivity index (χ1n) is 4.39. The van der Waals surface area contributed by atoms with Gasteiger partial charge in [0.1, 0.15) is 5.82 Å². The van der Waals surface area contributed by atoms with Crippen LogP contribution in [0.3, 0.4) is 0 Å². The van der Waals surface area contributed by atoms with Gasteiger partial charge in [0.15, 0.2) is 5.03 Å². The van der Waals surface area contributed by atoms with Gasteiger partial charge in [-0.05, 0) is 13.0 Å². The van der Waals surface area contributed by atoms with Crippen LogP contribution in [0.25, 0.3) is 0 Å². The summed E-state index contributed by atoms with van der Waals surface area (Å²) in [6.07, 6.45) is 1.40. The predicted octanol–water partition coefficient (Wildman–Crippen LogP) is -0.353. The van der Waals surface area contributed by atoms with E-state index in [0.29, 0.717) is 5.82 Å². The minimum absolute atomic E-state index is 0.0127. The lowest BCUT2D eigenvalue weighted by molar-refractivity contribution is 0.581. The Balaban J connectivity index is 2.31. The molecule has 9 heteroatoms. The minimum Gasteiger partial charge on any atom is -0.261 e. The summed E-state index contributed by atoms with van der Waals surface area (Å²) in [7, 11) is -2.14. The largest absolute Gasteiger partial charge is 0.281 e. The Bertz CT molecular complexity index is 598. The fourth-order valence-electron chi connectivity index (χ4n) is 1.19. The van der Waals surface area contributed by atoms with Crippen molar-refractivity contribution in [3.05, 3.63) is 18.1 Å². The third-order valence-electron chi connectivity index (χ3n) is 1.87. The molecule has 8 nitrogen and oxygen atoms in total. The Labute approximate surface area is 91.8 Å². The van der Waals surface area contributed by atoms with Crippen LogP contribution >= 0.6 is 0 Å². The zero-order valence-electron chi connectivity index (χ0n) is 8.67. The van der Waals surface area contributed by atoms with Crippen molar-refractivity contribution in [3.63, 3.8) is 0 Å². The van der Waals surface area contributed by atoms with E-state index in [1.54, 1.807) is 6.92 Å². The summed E-state index contributed by atoms with van der Waals surface area (Å²) in [6, 6.07) is 1.39. The molecule has 0 aliphatic carbocycles. The van der Waals surface area contributed by atoms with Crippen LogP contribution in [0.1, 0.15) is 5.82 Å². The van der Waals surface area contributed by atoms with Gasteiger partial charge in [0, 0.05) is 7.05 Å². The lowest BCUT2D eigenvalue weighted by Gasteiger charge is -2.03. The van der Waals surface area contributed by atoms with Crippen LogP contribution in [0, 0.1) is 6.92 Å². The topological polar surface area (TPSA) is 106 Å². The fraction of sp³-hybridized carbons (Fsp3) is 0.286. The van der Waals surface area contributed by atoms with Gasteiger partial charge in [-0.1, -0.05) is 0 Å². The maximum absolute atomic E-state index is 11.8. The molecule has 0 aliphatic heterocycles. The minimum atomic E-state index is -3.68. The average molecular weight is 242 g/mol. The van der Waals surface area contributed by atoms with Crippen LogP contribution in [0.15, 0.2) is 17.3 Å². The number of aromatic nitrogens is 5. The molecule has 86 valence electrons. The monoisotopic (exact) mass is 242 g/mol. The normalized spacial score (nSPS) is 11.6. The van der Waals surface area contributed by atoms with Gasteiger partial charge in [-0.3, -0.25) is 9.78 Å². The molecule has 0 aromatic carbocycles. The van der Waals surface area contributed by atoms with E-state index >= 15 is 0 Å². The molecule has 0 radical (unpaired) electrons. The first-order chi connectivity index (χ1) is 7.49. The van der Waals surface area contributed by atoms with Crippen molar-refractivity contribution in [2.45, 2.75) is 11.9 Å². The number of sulfonamides is 1. The first kappa shape index (κ1) is 10.6.